The number of nitrogens with zero attached hydrogens (tertiary/aromatic N) is 1. The van der Waals surface area contributed by atoms with Crippen LogP contribution in [0.25, 0.3) is 0 Å². The lowest BCUT2D eigenvalue weighted by Gasteiger charge is -2.29. The van der Waals surface area contributed by atoms with Crippen LogP contribution in [-0.2, 0) is 4.79 Å². The van der Waals surface area contributed by atoms with Crippen molar-refractivity contribution >= 4 is 34.9 Å². The summed E-state index contributed by atoms with van der Waals surface area (Å²) in [4.78, 5) is 26.5. The number of carbonyl (C=O) groups is 2. The van der Waals surface area contributed by atoms with Crippen molar-refractivity contribution in [2.75, 3.05) is 6.54 Å². The Morgan fingerprint density at radius 1 is 1.33 bits per heavy atom. The molecule has 2 heterocycles. The van der Waals surface area contributed by atoms with Gasteiger partial charge in [0, 0.05) is 28.6 Å². The number of fused-ring (bicyclic) bond motifs is 1. The number of benzene rings is 1. The van der Waals surface area contributed by atoms with E-state index < -0.39 is 0 Å². The summed E-state index contributed by atoms with van der Waals surface area (Å²) >= 11 is 7.29. The molecule has 0 fully saturated rings. The first kappa shape index (κ1) is 14.2. The number of nitrogens with one attached hydrogen (secondary N) is 1. The van der Waals surface area contributed by atoms with Crippen LogP contribution in [-0.4, -0.2) is 28.5 Å². The van der Waals surface area contributed by atoms with E-state index >= 15 is 0 Å². The molecule has 4 nitrogen and oxygen atoms in total. The first-order chi connectivity index (χ1) is 10.0. The molecule has 0 saturated heterocycles. The highest BCUT2D eigenvalue weighted by molar-refractivity contribution is 8.04. The summed E-state index contributed by atoms with van der Waals surface area (Å²) in [5.74, 6) is 0.00840. The molecule has 1 aromatic carbocycles. The maximum Gasteiger partial charge on any atom is 0.200 e. The number of allylic oxidation sites excluding steroid dienone is 1. The third-order valence-electron chi connectivity index (χ3n) is 3.36. The fourth-order valence-corrected chi connectivity index (χ4v) is 3.37. The lowest BCUT2D eigenvalue weighted by molar-refractivity contribution is -0.113. The number of thioether (sulfide) groups is 1. The van der Waals surface area contributed by atoms with Gasteiger partial charge >= 0.3 is 0 Å². The molecular formula is C15H13ClN2O2S. The van der Waals surface area contributed by atoms with Gasteiger partial charge in [0.25, 0.3) is 0 Å². The molecule has 0 aromatic heterocycles. The quantitative estimate of drug-likeness (QED) is 0.868. The zero-order valence-corrected chi connectivity index (χ0v) is 12.9. The molecule has 1 atom stereocenters. The Balaban J connectivity index is 1.77. The van der Waals surface area contributed by atoms with E-state index in [0.717, 1.165) is 0 Å². The first-order valence-electron chi connectivity index (χ1n) is 6.45. The van der Waals surface area contributed by atoms with E-state index in [2.05, 4.69) is 5.32 Å². The Morgan fingerprint density at radius 3 is 2.71 bits per heavy atom. The van der Waals surface area contributed by atoms with Crippen molar-refractivity contribution < 1.29 is 9.59 Å². The van der Waals surface area contributed by atoms with E-state index in [9.17, 15) is 9.59 Å². The molecule has 2 aliphatic rings. The third kappa shape index (κ3) is 2.84. The predicted molar refractivity (Wildman–Crippen MR) is 83.9 cm³/mol. The SMILES string of the molecule is CC(=O)C1=CNC2SC(C(=O)c3ccc(Cl)cc3)=CN2C1. The number of hydrogen-bond donors (Lipinski definition) is 1. The summed E-state index contributed by atoms with van der Waals surface area (Å²) in [5, 5.41) is 3.74. The van der Waals surface area contributed by atoms with Gasteiger partial charge in [-0.1, -0.05) is 23.4 Å². The average molecular weight is 321 g/mol. The second-order valence-corrected chi connectivity index (χ2v) is 6.42. The molecule has 0 spiro atoms. The molecular weight excluding hydrogens is 308 g/mol. The van der Waals surface area contributed by atoms with Gasteiger partial charge in [-0.3, -0.25) is 9.59 Å². The molecule has 1 aromatic rings. The summed E-state index contributed by atoms with van der Waals surface area (Å²) in [6.45, 7) is 2.07. The molecule has 6 heteroatoms. The molecule has 1 unspecified atom stereocenters. The molecule has 0 bridgehead atoms. The lowest BCUT2D eigenvalue weighted by Crippen LogP contribution is -2.41. The van der Waals surface area contributed by atoms with Crippen LogP contribution in [0.1, 0.15) is 17.3 Å². The van der Waals surface area contributed by atoms with Crippen LogP contribution in [0.2, 0.25) is 5.02 Å². The van der Waals surface area contributed by atoms with E-state index in [1.807, 2.05) is 11.1 Å². The maximum atomic E-state index is 12.4. The average Bonchev–Trinajstić information content (AvgIpc) is 2.90. The molecule has 3 rings (SSSR count). The van der Waals surface area contributed by atoms with Gasteiger partial charge in [-0.2, -0.15) is 0 Å². The Labute approximate surface area is 131 Å². The zero-order valence-electron chi connectivity index (χ0n) is 11.3. The first-order valence-corrected chi connectivity index (χ1v) is 7.71. The fraction of sp³-hybridized carbons (Fsp3) is 0.200. The molecule has 1 N–H and O–H groups in total. The van der Waals surface area contributed by atoms with Crippen LogP contribution >= 0.6 is 23.4 Å². The van der Waals surface area contributed by atoms with Crippen molar-refractivity contribution in [3.05, 3.63) is 57.7 Å². The second kappa shape index (κ2) is 5.58. The molecule has 0 amide bonds. The predicted octanol–water partition coefficient (Wildman–Crippen LogP) is 2.77. The second-order valence-electron chi connectivity index (χ2n) is 4.86. The van der Waals surface area contributed by atoms with Crippen molar-refractivity contribution in [2.24, 2.45) is 0 Å². The van der Waals surface area contributed by atoms with Crippen LogP contribution in [0.5, 0.6) is 0 Å². The summed E-state index contributed by atoms with van der Waals surface area (Å²) in [6.07, 6.45) is 3.55. The summed E-state index contributed by atoms with van der Waals surface area (Å²) in [5.41, 5.74) is 1.29. The molecule has 2 aliphatic heterocycles. The minimum absolute atomic E-state index is 0.0284. The molecule has 0 aliphatic carbocycles. The molecule has 0 saturated carbocycles. The highest BCUT2D eigenvalue weighted by Crippen LogP contribution is 2.35. The van der Waals surface area contributed by atoms with E-state index in [0.29, 0.717) is 27.6 Å². The zero-order chi connectivity index (χ0) is 15.0. The topological polar surface area (TPSA) is 49.4 Å². The van der Waals surface area contributed by atoms with E-state index in [1.165, 1.54) is 11.8 Å². The normalized spacial score (nSPS) is 20.3. The monoisotopic (exact) mass is 320 g/mol. The largest absolute Gasteiger partial charge is 0.362 e. The van der Waals surface area contributed by atoms with Crippen molar-refractivity contribution in [3.8, 4) is 0 Å². The van der Waals surface area contributed by atoms with Crippen LogP contribution in [0.3, 0.4) is 0 Å². The number of carbonyl (C=O) groups excluding carboxylic acids is 2. The minimum Gasteiger partial charge on any atom is -0.362 e. The highest BCUT2D eigenvalue weighted by atomic mass is 35.5. The number of rotatable bonds is 3. The summed E-state index contributed by atoms with van der Waals surface area (Å²) in [6, 6.07) is 6.85. The van der Waals surface area contributed by atoms with E-state index in [1.54, 1.807) is 37.4 Å². The summed E-state index contributed by atoms with van der Waals surface area (Å²) < 4.78 is 0. The number of Topliss-reactive ketones (excluding diaryl/α,β-unsaturated/α-hetero) is 2. The molecule has 108 valence electrons. The van der Waals surface area contributed by atoms with Crippen LogP contribution in [0, 0.1) is 0 Å². The fourth-order valence-electron chi connectivity index (χ4n) is 2.18. The number of hydrogen-bond acceptors (Lipinski definition) is 5. The van der Waals surface area contributed by atoms with Gasteiger partial charge in [-0.15, -0.1) is 0 Å². The maximum absolute atomic E-state index is 12.4. The van der Waals surface area contributed by atoms with Crippen molar-refractivity contribution in [1.82, 2.24) is 10.2 Å². The van der Waals surface area contributed by atoms with Crippen LogP contribution < -0.4 is 5.32 Å². The van der Waals surface area contributed by atoms with Gasteiger partial charge < -0.3 is 10.2 Å². The number of ketones is 2. The lowest BCUT2D eigenvalue weighted by atomic mass is 10.1. The highest BCUT2D eigenvalue weighted by Gasteiger charge is 2.32. The smallest absolute Gasteiger partial charge is 0.200 e. The summed E-state index contributed by atoms with van der Waals surface area (Å²) in [7, 11) is 0. The standard InChI is InChI=1S/C15H13ClN2O2S/c1-9(19)11-6-17-15-18(7-11)8-13(21-15)14(20)10-2-4-12(16)5-3-10/h2-6,8,15,17H,7H2,1H3. The van der Waals surface area contributed by atoms with Gasteiger partial charge in [0.05, 0.1) is 11.4 Å². The van der Waals surface area contributed by atoms with Crippen LogP contribution in [0.15, 0.2) is 47.1 Å². The van der Waals surface area contributed by atoms with Crippen molar-refractivity contribution in [3.63, 3.8) is 0 Å². The van der Waals surface area contributed by atoms with Gasteiger partial charge in [0.15, 0.2) is 11.3 Å². The third-order valence-corrected chi connectivity index (χ3v) is 4.79. The Hall–Kier alpha value is -1.72. The van der Waals surface area contributed by atoms with Gasteiger partial charge in [-0.25, -0.2) is 0 Å². The van der Waals surface area contributed by atoms with Crippen LogP contribution in [0.4, 0.5) is 0 Å². The van der Waals surface area contributed by atoms with Gasteiger partial charge in [0.1, 0.15) is 0 Å². The minimum atomic E-state index is -0.0303. The Morgan fingerprint density at radius 2 is 2.05 bits per heavy atom. The molecule has 0 radical (unpaired) electrons. The van der Waals surface area contributed by atoms with Crippen molar-refractivity contribution in [2.45, 2.75) is 12.4 Å². The van der Waals surface area contributed by atoms with Gasteiger partial charge in [0.2, 0.25) is 5.78 Å². The van der Waals surface area contributed by atoms with Crippen molar-refractivity contribution in [1.29, 1.82) is 0 Å². The Kier molecular flexibility index (Phi) is 3.78. The Bertz CT molecular complexity index is 667. The number of halogens is 1. The van der Waals surface area contributed by atoms with E-state index in [-0.39, 0.29) is 17.1 Å². The molecule has 21 heavy (non-hydrogen) atoms. The van der Waals surface area contributed by atoms with E-state index in [4.69, 9.17) is 11.6 Å². The van der Waals surface area contributed by atoms with Gasteiger partial charge in [-0.05, 0) is 31.2 Å².